The van der Waals surface area contributed by atoms with E-state index in [1.165, 1.54) is 6.42 Å². The minimum Gasteiger partial charge on any atom is -0.486 e. The first kappa shape index (κ1) is 17.0. The molecule has 1 aromatic carbocycles. The topological polar surface area (TPSA) is 71.1 Å². The number of piperidine rings is 1. The predicted octanol–water partition coefficient (Wildman–Crippen LogP) is 2.00. The number of anilines is 1. The molecule has 2 saturated heterocycles. The van der Waals surface area contributed by atoms with Crippen LogP contribution in [0.25, 0.3) is 0 Å². The summed E-state index contributed by atoms with van der Waals surface area (Å²) in [6.45, 7) is 5.28. The third-order valence-corrected chi connectivity index (χ3v) is 5.23. The normalized spacial score (nSPS) is 25.3. The smallest absolute Gasteiger partial charge is 0.317 e. The summed E-state index contributed by atoms with van der Waals surface area (Å²) < 4.78 is 11.1. The van der Waals surface area contributed by atoms with Gasteiger partial charge in [-0.05, 0) is 30.9 Å². The molecule has 140 valence electrons. The molecule has 7 heteroatoms. The number of fused-ring (bicyclic) bond motifs is 1. The van der Waals surface area contributed by atoms with Crippen LogP contribution in [0.1, 0.15) is 26.2 Å². The molecule has 2 atom stereocenters. The molecule has 7 nitrogen and oxygen atoms in total. The molecule has 0 radical (unpaired) electrons. The first-order valence-corrected chi connectivity index (χ1v) is 9.35. The molecule has 0 spiro atoms. The first-order chi connectivity index (χ1) is 12.6. The Morgan fingerprint density at radius 2 is 2.00 bits per heavy atom. The highest BCUT2D eigenvalue weighted by atomic mass is 16.6. The highest BCUT2D eigenvalue weighted by molar-refractivity contribution is 5.97. The summed E-state index contributed by atoms with van der Waals surface area (Å²) in [5.74, 6) is 1.92. The van der Waals surface area contributed by atoms with Crippen LogP contribution in [0.5, 0.6) is 11.5 Å². The van der Waals surface area contributed by atoms with Crippen molar-refractivity contribution < 1.29 is 19.1 Å². The fraction of sp³-hybridized carbons (Fsp3) is 0.579. The maximum absolute atomic E-state index is 12.5. The molecule has 2 fully saturated rings. The van der Waals surface area contributed by atoms with Gasteiger partial charge in [0.1, 0.15) is 13.2 Å². The summed E-state index contributed by atoms with van der Waals surface area (Å²) in [5.41, 5.74) is 0.780. The number of nitrogens with one attached hydrogen (secondary N) is 1. The highest BCUT2D eigenvalue weighted by Gasteiger charge is 2.33. The molecule has 1 aromatic rings. The Bertz CT molecular complexity index is 708. The third-order valence-electron chi connectivity index (χ3n) is 5.23. The molecular formula is C19H25N3O4. The summed E-state index contributed by atoms with van der Waals surface area (Å²) in [5, 5.41) is 3.03. The molecule has 1 N–H and O–H groups in total. The van der Waals surface area contributed by atoms with Crippen LogP contribution in [-0.2, 0) is 4.79 Å². The summed E-state index contributed by atoms with van der Waals surface area (Å²) in [6, 6.07) is 5.31. The lowest BCUT2D eigenvalue weighted by atomic mass is 10.0. The Morgan fingerprint density at radius 3 is 2.81 bits per heavy atom. The average molecular weight is 359 g/mol. The van der Waals surface area contributed by atoms with Crippen LogP contribution in [0.15, 0.2) is 18.2 Å². The Morgan fingerprint density at radius 1 is 1.19 bits per heavy atom. The minimum atomic E-state index is -0.166. The van der Waals surface area contributed by atoms with Gasteiger partial charge in [0.2, 0.25) is 5.91 Å². The van der Waals surface area contributed by atoms with E-state index in [2.05, 4.69) is 12.2 Å². The SMILES string of the molecule is C[C@@H]1CCCN(C(=O)N[C@H]2CC(=O)N(c3ccc4c(c3)OCCO4)C2)C1. The van der Waals surface area contributed by atoms with Gasteiger partial charge in [-0.25, -0.2) is 4.79 Å². The number of amides is 3. The number of benzene rings is 1. The molecule has 26 heavy (non-hydrogen) atoms. The van der Waals surface area contributed by atoms with E-state index >= 15 is 0 Å². The monoisotopic (exact) mass is 359 g/mol. The van der Waals surface area contributed by atoms with Crippen molar-refractivity contribution in [2.75, 3.05) is 37.7 Å². The number of hydrogen-bond acceptors (Lipinski definition) is 4. The summed E-state index contributed by atoms with van der Waals surface area (Å²) in [4.78, 5) is 28.5. The number of carbonyl (C=O) groups excluding carboxylic acids is 2. The van der Waals surface area contributed by atoms with Gasteiger partial charge in [0.15, 0.2) is 11.5 Å². The second-order valence-electron chi connectivity index (χ2n) is 7.38. The zero-order valence-corrected chi connectivity index (χ0v) is 15.1. The van der Waals surface area contributed by atoms with Gasteiger partial charge in [-0.3, -0.25) is 4.79 Å². The lowest BCUT2D eigenvalue weighted by Gasteiger charge is -2.31. The Labute approximate surface area is 153 Å². The van der Waals surface area contributed by atoms with Gasteiger partial charge in [-0.1, -0.05) is 6.92 Å². The van der Waals surface area contributed by atoms with Crippen LogP contribution >= 0.6 is 0 Å². The lowest BCUT2D eigenvalue weighted by Crippen LogP contribution is -2.49. The number of urea groups is 1. The van der Waals surface area contributed by atoms with Crippen molar-refractivity contribution in [1.29, 1.82) is 0 Å². The van der Waals surface area contributed by atoms with Gasteiger partial charge < -0.3 is 24.6 Å². The fourth-order valence-electron chi connectivity index (χ4n) is 3.89. The van der Waals surface area contributed by atoms with Crippen LogP contribution in [0.2, 0.25) is 0 Å². The average Bonchev–Trinajstić information content (AvgIpc) is 3.01. The molecule has 3 aliphatic heterocycles. The van der Waals surface area contributed by atoms with Crippen molar-refractivity contribution >= 4 is 17.6 Å². The van der Waals surface area contributed by atoms with Crippen molar-refractivity contribution in [2.45, 2.75) is 32.2 Å². The summed E-state index contributed by atoms with van der Waals surface area (Å²) in [6.07, 6.45) is 2.54. The van der Waals surface area contributed by atoms with Crippen molar-refractivity contribution in [3.8, 4) is 11.5 Å². The van der Waals surface area contributed by atoms with Crippen molar-refractivity contribution in [3.63, 3.8) is 0 Å². The van der Waals surface area contributed by atoms with E-state index in [1.54, 1.807) is 4.90 Å². The summed E-state index contributed by atoms with van der Waals surface area (Å²) >= 11 is 0. The predicted molar refractivity (Wildman–Crippen MR) is 96.7 cm³/mol. The van der Waals surface area contributed by atoms with E-state index in [-0.39, 0.29) is 18.0 Å². The van der Waals surface area contributed by atoms with Crippen LogP contribution in [-0.4, -0.2) is 55.7 Å². The quantitative estimate of drug-likeness (QED) is 0.877. The van der Waals surface area contributed by atoms with E-state index in [1.807, 2.05) is 23.1 Å². The molecule has 0 saturated carbocycles. The van der Waals surface area contributed by atoms with Gasteiger partial charge in [0, 0.05) is 37.8 Å². The van der Waals surface area contributed by atoms with Crippen molar-refractivity contribution in [1.82, 2.24) is 10.2 Å². The molecule has 0 bridgehead atoms. The molecule has 0 unspecified atom stereocenters. The fourth-order valence-corrected chi connectivity index (χ4v) is 3.89. The summed E-state index contributed by atoms with van der Waals surface area (Å²) in [7, 11) is 0. The van der Waals surface area contributed by atoms with Gasteiger partial charge in [-0.2, -0.15) is 0 Å². The third kappa shape index (κ3) is 3.43. The van der Waals surface area contributed by atoms with Crippen LogP contribution in [0.3, 0.4) is 0 Å². The lowest BCUT2D eigenvalue weighted by molar-refractivity contribution is -0.117. The van der Waals surface area contributed by atoms with Gasteiger partial charge >= 0.3 is 6.03 Å². The Hall–Kier alpha value is -2.44. The first-order valence-electron chi connectivity index (χ1n) is 9.35. The zero-order chi connectivity index (χ0) is 18.1. The van der Waals surface area contributed by atoms with Gasteiger partial charge in [0.25, 0.3) is 0 Å². The largest absolute Gasteiger partial charge is 0.486 e. The van der Waals surface area contributed by atoms with E-state index in [9.17, 15) is 9.59 Å². The Balaban J connectivity index is 1.40. The number of hydrogen-bond donors (Lipinski definition) is 1. The molecule has 3 aliphatic rings. The maximum atomic E-state index is 12.5. The standard InChI is InChI=1S/C19H25N3O4/c1-13-3-2-6-21(11-13)19(24)20-14-9-18(23)22(12-14)15-4-5-16-17(10-15)26-8-7-25-16/h4-5,10,13-14H,2-3,6-9,11-12H2,1H3,(H,20,24)/t13-,14+/m1/s1. The number of rotatable bonds is 2. The van der Waals surface area contributed by atoms with Crippen LogP contribution < -0.4 is 19.7 Å². The second-order valence-corrected chi connectivity index (χ2v) is 7.38. The number of ether oxygens (including phenoxy) is 2. The van der Waals surface area contributed by atoms with E-state index in [0.717, 1.165) is 25.2 Å². The van der Waals surface area contributed by atoms with Gasteiger partial charge in [-0.15, -0.1) is 0 Å². The Kier molecular flexibility index (Phi) is 4.61. The maximum Gasteiger partial charge on any atom is 0.317 e. The van der Waals surface area contributed by atoms with Crippen molar-refractivity contribution in [2.24, 2.45) is 5.92 Å². The number of likely N-dealkylation sites (tertiary alicyclic amines) is 1. The molecule has 0 aromatic heterocycles. The molecule has 3 amide bonds. The number of nitrogens with zero attached hydrogens (tertiary/aromatic N) is 2. The molecule has 3 heterocycles. The zero-order valence-electron chi connectivity index (χ0n) is 15.1. The number of carbonyl (C=O) groups is 2. The van der Waals surface area contributed by atoms with E-state index in [4.69, 9.17) is 9.47 Å². The van der Waals surface area contributed by atoms with Gasteiger partial charge in [0.05, 0.1) is 6.04 Å². The second kappa shape index (κ2) is 7.05. The molecule has 0 aliphatic carbocycles. The highest BCUT2D eigenvalue weighted by Crippen LogP contribution is 2.35. The van der Waals surface area contributed by atoms with E-state index in [0.29, 0.717) is 43.6 Å². The minimum absolute atomic E-state index is 0.0130. The van der Waals surface area contributed by atoms with Crippen molar-refractivity contribution in [3.05, 3.63) is 18.2 Å². The van der Waals surface area contributed by atoms with Crippen LogP contribution in [0, 0.1) is 5.92 Å². The van der Waals surface area contributed by atoms with Crippen LogP contribution in [0.4, 0.5) is 10.5 Å². The van der Waals surface area contributed by atoms with E-state index < -0.39 is 0 Å². The molecule has 4 rings (SSSR count). The molecular weight excluding hydrogens is 334 g/mol.